The van der Waals surface area contributed by atoms with Crippen LogP contribution in [0, 0.1) is 6.92 Å². The lowest BCUT2D eigenvalue weighted by Crippen LogP contribution is -2.24. The summed E-state index contributed by atoms with van der Waals surface area (Å²) in [7, 11) is 0. The molecule has 88 valence electrons. The summed E-state index contributed by atoms with van der Waals surface area (Å²) >= 11 is 0. The number of nitrogens with two attached hydrogens (primary N) is 1. The van der Waals surface area contributed by atoms with Crippen LogP contribution >= 0.6 is 12.4 Å². The number of hydrogen-bond donors (Lipinski definition) is 2. The second kappa shape index (κ2) is 6.88. The lowest BCUT2D eigenvalue weighted by atomic mass is 10.00. The zero-order valence-electron chi connectivity index (χ0n) is 9.27. The maximum absolute atomic E-state index is 8.77. The highest BCUT2D eigenvalue weighted by atomic mass is 35.5. The fourth-order valence-electron chi connectivity index (χ4n) is 1.42. The highest BCUT2D eigenvalue weighted by molar-refractivity contribution is 5.85. The van der Waals surface area contributed by atoms with Gasteiger partial charge in [-0.3, -0.25) is 0 Å². The van der Waals surface area contributed by atoms with Crippen molar-refractivity contribution in [3.05, 3.63) is 23.7 Å². The van der Waals surface area contributed by atoms with Crippen LogP contribution < -0.4 is 5.73 Å². The molecule has 1 aromatic rings. The predicted molar refractivity (Wildman–Crippen MR) is 63.4 cm³/mol. The average molecular weight is 234 g/mol. The zero-order valence-corrected chi connectivity index (χ0v) is 10.1. The summed E-state index contributed by atoms with van der Waals surface area (Å²) in [6.07, 6.45) is 1.78. The van der Waals surface area contributed by atoms with E-state index >= 15 is 0 Å². The summed E-state index contributed by atoms with van der Waals surface area (Å²) in [6, 6.07) is 3.87. The molecule has 3 nitrogen and oxygen atoms in total. The van der Waals surface area contributed by atoms with Gasteiger partial charge in [-0.05, 0) is 31.9 Å². The van der Waals surface area contributed by atoms with E-state index in [9.17, 15) is 0 Å². The number of rotatable bonds is 5. The van der Waals surface area contributed by atoms with Gasteiger partial charge in [0.05, 0.1) is 6.61 Å². The minimum atomic E-state index is -0.103. The molecule has 2 unspecified atom stereocenters. The molecule has 0 aliphatic heterocycles. The normalized spacial score (nSPS) is 14.4. The zero-order chi connectivity index (χ0) is 10.6. The Morgan fingerprint density at radius 2 is 2.07 bits per heavy atom. The Hall–Kier alpha value is -0.510. The van der Waals surface area contributed by atoms with Gasteiger partial charge in [-0.25, -0.2) is 0 Å². The number of halogens is 1. The maximum Gasteiger partial charge on any atom is 0.106 e. The summed E-state index contributed by atoms with van der Waals surface area (Å²) < 4.78 is 5.51. The van der Waals surface area contributed by atoms with Gasteiger partial charge in [0.1, 0.15) is 11.5 Å². The Balaban J connectivity index is 0.00000196. The Labute approximate surface area is 97.1 Å². The molecular weight excluding hydrogens is 214 g/mol. The molecule has 0 saturated carbocycles. The summed E-state index contributed by atoms with van der Waals surface area (Å²) in [6.45, 7) is 4.11. The highest BCUT2D eigenvalue weighted by Crippen LogP contribution is 2.22. The molecule has 0 fully saturated rings. The molecule has 0 saturated heterocycles. The standard InChI is InChI=1S/C11H19NO2.ClH/c1-8(3-5-10(12)7-13)11-6-4-9(2)14-11;/h4,6,8,10,13H,3,5,7,12H2,1-2H3;1H. The topological polar surface area (TPSA) is 59.4 Å². The van der Waals surface area contributed by atoms with Crippen molar-refractivity contribution in [2.75, 3.05) is 6.61 Å². The second-order valence-corrected chi connectivity index (χ2v) is 3.87. The van der Waals surface area contributed by atoms with E-state index in [0.717, 1.165) is 24.4 Å². The van der Waals surface area contributed by atoms with Crippen molar-refractivity contribution >= 4 is 12.4 Å². The second-order valence-electron chi connectivity index (χ2n) is 3.87. The van der Waals surface area contributed by atoms with Crippen LogP contribution in [0.3, 0.4) is 0 Å². The maximum atomic E-state index is 8.77. The molecule has 0 amide bonds. The van der Waals surface area contributed by atoms with Gasteiger partial charge in [-0.1, -0.05) is 6.92 Å². The number of aliphatic hydroxyl groups is 1. The third-order valence-corrected chi connectivity index (χ3v) is 2.45. The van der Waals surface area contributed by atoms with Crippen LogP contribution in [0.25, 0.3) is 0 Å². The first-order valence-electron chi connectivity index (χ1n) is 5.06. The molecule has 2 atom stereocenters. The van der Waals surface area contributed by atoms with Crippen molar-refractivity contribution in [1.29, 1.82) is 0 Å². The summed E-state index contributed by atoms with van der Waals surface area (Å²) in [5.41, 5.74) is 5.62. The number of aliphatic hydroxyl groups excluding tert-OH is 1. The molecule has 0 aliphatic carbocycles. The molecule has 0 spiro atoms. The van der Waals surface area contributed by atoms with Gasteiger partial charge >= 0.3 is 0 Å². The van der Waals surface area contributed by atoms with Gasteiger partial charge < -0.3 is 15.3 Å². The molecule has 4 heteroatoms. The molecule has 1 aromatic heterocycles. The molecule has 15 heavy (non-hydrogen) atoms. The summed E-state index contributed by atoms with van der Waals surface area (Å²) in [4.78, 5) is 0. The van der Waals surface area contributed by atoms with E-state index in [1.807, 2.05) is 19.1 Å². The van der Waals surface area contributed by atoms with E-state index in [1.54, 1.807) is 0 Å². The van der Waals surface area contributed by atoms with E-state index in [1.165, 1.54) is 0 Å². The first-order valence-corrected chi connectivity index (χ1v) is 5.06. The van der Waals surface area contributed by atoms with E-state index in [0.29, 0.717) is 5.92 Å². The fourth-order valence-corrected chi connectivity index (χ4v) is 1.42. The van der Waals surface area contributed by atoms with Gasteiger partial charge in [0.2, 0.25) is 0 Å². The Morgan fingerprint density at radius 3 is 2.53 bits per heavy atom. The first kappa shape index (κ1) is 14.5. The Bertz CT molecular complexity index is 275. The van der Waals surface area contributed by atoms with Crippen LogP contribution in [-0.2, 0) is 0 Å². The van der Waals surface area contributed by atoms with Gasteiger partial charge in [-0.2, -0.15) is 0 Å². The molecule has 0 aliphatic rings. The van der Waals surface area contributed by atoms with Crippen LogP contribution in [0.15, 0.2) is 16.5 Å². The van der Waals surface area contributed by atoms with Crippen LogP contribution in [0.4, 0.5) is 0 Å². The van der Waals surface area contributed by atoms with E-state index in [2.05, 4.69) is 6.92 Å². The molecule has 1 rings (SSSR count). The molecule has 0 radical (unpaired) electrons. The first-order chi connectivity index (χ1) is 6.63. The smallest absolute Gasteiger partial charge is 0.106 e. The van der Waals surface area contributed by atoms with Gasteiger partial charge in [0.25, 0.3) is 0 Å². The SMILES string of the molecule is Cc1ccc(C(C)CCC(N)CO)o1.Cl. The molecule has 3 N–H and O–H groups in total. The third kappa shape index (κ3) is 4.69. The minimum absolute atomic E-state index is 0. The van der Waals surface area contributed by atoms with Crippen molar-refractivity contribution in [1.82, 2.24) is 0 Å². The van der Waals surface area contributed by atoms with Crippen LogP contribution in [0.1, 0.15) is 37.2 Å². The van der Waals surface area contributed by atoms with Gasteiger partial charge in [0, 0.05) is 12.0 Å². The van der Waals surface area contributed by atoms with Crippen molar-refractivity contribution < 1.29 is 9.52 Å². The number of aryl methyl sites for hydroxylation is 1. The largest absolute Gasteiger partial charge is 0.466 e. The van der Waals surface area contributed by atoms with Crippen molar-refractivity contribution in [2.45, 2.75) is 38.6 Å². The van der Waals surface area contributed by atoms with Crippen molar-refractivity contribution in [3.63, 3.8) is 0 Å². The van der Waals surface area contributed by atoms with Crippen LogP contribution in [-0.4, -0.2) is 17.8 Å². The van der Waals surface area contributed by atoms with Crippen molar-refractivity contribution in [3.8, 4) is 0 Å². The average Bonchev–Trinajstić information content (AvgIpc) is 2.60. The molecule has 0 aromatic carbocycles. The highest BCUT2D eigenvalue weighted by Gasteiger charge is 2.11. The number of hydrogen-bond acceptors (Lipinski definition) is 3. The van der Waals surface area contributed by atoms with E-state index < -0.39 is 0 Å². The molecule has 1 heterocycles. The van der Waals surface area contributed by atoms with Gasteiger partial charge in [0.15, 0.2) is 0 Å². The molecule has 0 bridgehead atoms. The van der Waals surface area contributed by atoms with Gasteiger partial charge in [-0.15, -0.1) is 12.4 Å². The third-order valence-electron chi connectivity index (χ3n) is 2.45. The molecular formula is C11H20ClNO2. The fraction of sp³-hybridized carbons (Fsp3) is 0.636. The predicted octanol–water partition coefficient (Wildman–Crippen LogP) is 2.21. The van der Waals surface area contributed by atoms with E-state index in [4.69, 9.17) is 15.3 Å². The Kier molecular flexibility index (Phi) is 6.65. The minimum Gasteiger partial charge on any atom is -0.466 e. The Morgan fingerprint density at radius 1 is 1.40 bits per heavy atom. The summed E-state index contributed by atoms with van der Waals surface area (Å²) in [5.74, 6) is 2.33. The quantitative estimate of drug-likeness (QED) is 0.820. The van der Waals surface area contributed by atoms with Crippen LogP contribution in [0.5, 0.6) is 0 Å². The van der Waals surface area contributed by atoms with Crippen LogP contribution in [0.2, 0.25) is 0 Å². The monoisotopic (exact) mass is 233 g/mol. The lowest BCUT2D eigenvalue weighted by Gasteiger charge is -2.11. The lowest BCUT2D eigenvalue weighted by molar-refractivity contribution is 0.255. The number of furan rings is 1. The van der Waals surface area contributed by atoms with Crippen molar-refractivity contribution in [2.24, 2.45) is 5.73 Å². The van der Waals surface area contributed by atoms with E-state index in [-0.39, 0.29) is 25.1 Å². The summed E-state index contributed by atoms with van der Waals surface area (Å²) in [5, 5.41) is 8.77.